The molecule has 0 saturated carbocycles. The maximum atomic E-state index is 13.8. The van der Waals surface area contributed by atoms with Crippen LogP contribution in [0.25, 0.3) is 28.2 Å². The molecular weight excluding hydrogens is 458 g/mol. The van der Waals surface area contributed by atoms with Gasteiger partial charge in [0.25, 0.3) is 5.91 Å². The largest absolute Gasteiger partial charge is 0.365 e. The van der Waals surface area contributed by atoms with E-state index >= 15 is 0 Å². The molecule has 0 spiro atoms. The minimum Gasteiger partial charge on any atom is -0.365 e. The molecule has 1 saturated heterocycles. The van der Waals surface area contributed by atoms with Crippen molar-refractivity contribution in [1.29, 1.82) is 0 Å². The van der Waals surface area contributed by atoms with E-state index in [-0.39, 0.29) is 11.9 Å². The number of amides is 1. The molecule has 0 bridgehead atoms. The summed E-state index contributed by atoms with van der Waals surface area (Å²) < 4.78 is 1.79. The molecule has 5 aromatic rings. The third-order valence-electron chi connectivity index (χ3n) is 7.09. The van der Waals surface area contributed by atoms with Crippen LogP contribution in [0.1, 0.15) is 22.8 Å². The summed E-state index contributed by atoms with van der Waals surface area (Å²) >= 11 is 0. The van der Waals surface area contributed by atoms with Crippen LogP contribution in [0.4, 0.5) is 5.69 Å². The molecule has 3 aromatic carbocycles. The zero-order valence-electron chi connectivity index (χ0n) is 21.1. The van der Waals surface area contributed by atoms with Crippen LogP contribution in [-0.2, 0) is 0 Å². The van der Waals surface area contributed by atoms with Gasteiger partial charge in [-0.1, -0.05) is 72.8 Å². The van der Waals surface area contributed by atoms with Gasteiger partial charge in [0.2, 0.25) is 0 Å². The highest BCUT2D eigenvalue weighted by Crippen LogP contribution is 2.28. The summed E-state index contributed by atoms with van der Waals surface area (Å²) in [6.07, 6.45) is 1.67. The Morgan fingerprint density at radius 2 is 1.59 bits per heavy atom. The number of rotatable bonds is 4. The number of nitrogens with zero attached hydrogens (tertiary/aromatic N) is 5. The van der Waals surface area contributed by atoms with Gasteiger partial charge in [-0.2, -0.15) is 5.10 Å². The summed E-state index contributed by atoms with van der Waals surface area (Å²) in [4.78, 5) is 23.1. The molecule has 1 aliphatic heterocycles. The van der Waals surface area contributed by atoms with Crippen LogP contribution in [0, 0.1) is 6.92 Å². The summed E-state index contributed by atoms with van der Waals surface area (Å²) in [5, 5.41) is 4.63. The van der Waals surface area contributed by atoms with Gasteiger partial charge in [-0.25, -0.2) is 9.50 Å². The van der Waals surface area contributed by atoms with E-state index in [1.54, 1.807) is 10.7 Å². The SMILES string of the molecule is Cc1cccc(N2CCN(C(=O)c3cnn4c(-c5ccccc5)cc(-c5ccccc5)nc34)CC2C)c1. The lowest BCUT2D eigenvalue weighted by molar-refractivity contribution is 0.0728. The number of aryl methyl sites for hydroxylation is 1. The smallest absolute Gasteiger partial charge is 0.259 e. The van der Waals surface area contributed by atoms with Crippen molar-refractivity contribution < 1.29 is 4.79 Å². The molecule has 6 nitrogen and oxygen atoms in total. The number of carbonyl (C=O) groups excluding carboxylic acids is 1. The van der Waals surface area contributed by atoms with Gasteiger partial charge in [-0.05, 0) is 37.6 Å². The number of hydrogen-bond acceptors (Lipinski definition) is 4. The highest BCUT2D eigenvalue weighted by molar-refractivity contribution is 6.00. The van der Waals surface area contributed by atoms with Crippen molar-refractivity contribution in [1.82, 2.24) is 19.5 Å². The fourth-order valence-electron chi connectivity index (χ4n) is 5.19. The zero-order valence-corrected chi connectivity index (χ0v) is 21.1. The van der Waals surface area contributed by atoms with E-state index in [9.17, 15) is 4.79 Å². The second-order valence-corrected chi connectivity index (χ2v) is 9.68. The standard InChI is InChI=1S/C31H29N5O/c1-22-10-9-15-26(18-22)35-17-16-34(21-23(35)2)31(37)27-20-32-36-29(25-13-7-4-8-14-25)19-28(33-30(27)36)24-11-5-3-6-12-24/h3-15,18-20,23H,16-17,21H2,1-2H3. The van der Waals surface area contributed by atoms with E-state index in [4.69, 9.17) is 4.98 Å². The fourth-order valence-corrected chi connectivity index (χ4v) is 5.19. The summed E-state index contributed by atoms with van der Waals surface area (Å²) in [5.41, 5.74) is 7.31. The Labute approximate surface area is 216 Å². The molecule has 3 heterocycles. The zero-order chi connectivity index (χ0) is 25.4. The Bertz CT molecular complexity index is 1560. The summed E-state index contributed by atoms with van der Waals surface area (Å²) in [6.45, 7) is 6.37. The van der Waals surface area contributed by atoms with E-state index in [1.165, 1.54) is 11.3 Å². The van der Waals surface area contributed by atoms with E-state index < -0.39 is 0 Å². The van der Waals surface area contributed by atoms with Crippen LogP contribution in [0.2, 0.25) is 0 Å². The van der Waals surface area contributed by atoms with Crippen LogP contribution in [0.3, 0.4) is 0 Å². The van der Waals surface area contributed by atoms with Crippen molar-refractivity contribution in [2.24, 2.45) is 0 Å². The lowest BCUT2D eigenvalue weighted by Gasteiger charge is -2.41. The Morgan fingerprint density at radius 3 is 2.30 bits per heavy atom. The second kappa shape index (κ2) is 9.54. The molecule has 0 aliphatic carbocycles. The molecule has 37 heavy (non-hydrogen) atoms. The molecule has 184 valence electrons. The van der Waals surface area contributed by atoms with Gasteiger partial charge in [0, 0.05) is 42.5 Å². The van der Waals surface area contributed by atoms with Gasteiger partial charge in [0.15, 0.2) is 5.65 Å². The number of anilines is 1. The lowest BCUT2D eigenvalue weighted by Crippen LogP contribution is -2.53. The molecule has 6 rings (SSSR count). The Hall–Kier alpha value is -4.45. The van der Waals surface area contributed by atoms with Crippen LogP contribution >= 0.6 is 0 Å². The first-order chi connectivity index (χ1) is 18.1. The van der Waals surface area contributed by atoms with Crippen LogP contribution in [0.15, 0.2) is 97.2 Å². The van der Waals surface area contributed by atoms with E-state index in [0.717, 1.165) is 29.1 Å². The highest BCUT2D eigenvalue weighted by Gasteiger charge is 2.30. The molecule has 1 fully saturated rings. The van der Waals surface area contributed by atoms with Gasteiger partial charge >= 0.3 is 0 Å². The van der Waals surface area contributed by atoms with Crippen LogP contribution < -0.4 is 4.90 Å². The molecule has 1 amide bonds. The molecule has 6 heteroatoms. The van der Waals surface area contributed by atoms with Gasteiger partial charge in [0.05, 0.1) is 17.6 Å². The second-order valence-electron chi connectivity index (χ2n) is 9.68. The van der Waals surface area contributed by atoms with Gasteiger partial charge in [-0.15, -0.1) is 0 Å². The summed E-state index contributed by atoms with van der Waals surface area (Å²) in [6, 6.07) is 31.0. The molecule has 1 aliphatic rings. The molecule has 1 atom stereocenters. The molecule has 2 aromatic heterocycles. The lowest BCUT2D eigenvalue weighted by atomic mass is 10.1. The highest BCUT2D eigenvalue weighted by atomic mass is 16.2. The topological polar surface area (TPSA) is 53.7 Å². The van der Waals surface area contributed by atoms with E-state index in [0.29, 0.717) is 24.3 Å². The number of benzene rings is 3. The maximum absolute atomic E-state index is 13.8. The van der Waals surface area contributed by atoms with Gasteiger partial charge in [-0.3, -0.25) is 4.79 Å². The fraction of sp³-hybridized carbons (Fsp3) is 0.194. The van der Waals surface area contributed by atoms with E-state index in [2.05, 4.69) is 60.2 Å². The third-order valence-corrected chi connectivity index (χ3v) is 7.09. The van der Waals surface area contributed by atoms with Crippen LogP contribution in [-0.4, -0.2) is 51.1 Å². The first-order valence-corrected chi connectivity index (χ1v) is 12.7. The average Bonchev–Trinajstić information content (AvgIpc) is 3.37. The first-order valence-electron chi connectivity index (χ1n) is 12.7. The van der Waals surface area contributed by atoms with Crippen molar-refractivity contribution in [3.8, 4) is 22.5 Å². The third kappa shape index (κ3) is 4.35. The molecule has 1 unspecified atom stereocenters. The van der Waals surface area contributed by atoms with Crippen molar-refractivity contribution in [2.75, 3.05) is 24.5 Å². The molecule has 0 N–H and O–H groups in total. The first kappa shape index (κ1) is 23.0. The maximum Gasteiger partial charge on any atom is 0.259 e. The minimum atomic E-state index is -0.0255. The quantitative estimate of drug-likeness (QED) is 0.325. The van der Waals surface area contributed by atoms with E-state index in [1.807, 2.05) is 59.5 Å². The van der Waals surface area contributed by atoms with Gasteiger partial charge in [0.1, 0.15) is 5.56 Å². The normalized spacial score (nSPS) is 15.8. The monoisotopic (exact) mass is 487 g/mol. The minimum absolute atomic E-state index is 0.0255. The van der Waals surface area contributed by atoms with Crippen LogP contribution in [0.5, 0.6) is 0 Å². The Balaban J connectivity index is 1.36. The summed E-state index contributed by atoms with van der Waals surface area (Å²) in [7, 11) is 0. The van der Waals surface area contributed by atoms with Crippen molar-refractivity contribution in [3.63, 3.8) is 0 Å². The number of fused-ring (bicyclic) bond motifs is 1. The Kier molecular flexibility index (Phi) is 5.93. The number of carbonyl (C=O) groups is 1. The predicted octanol–water partition coefficient (Wildman–Crippen LogP) is 5.72. The van der Waals surface area contributed by atoms with Crippen molar-refractivity contribution >= 4 is 17.2 Å². The number of aromatic nitrogens is 3. The Morgan fingerprint density at radius 1 is 0.865 bits per heavy atom. The van der Waals surface area contributed by atoms with Crippen molar-refractivity contribution in [2.45, 2.75) is 19.9 Å². The number of piperazine rings is 1. The number of hydrogen-bond donors (Lipinski definition) is 0. The summed E-state index contributed by atoms with van der Waals surface area (Å²) in [5.74, 6) is -0.0255. The van der Waals surface area contributed by atoms with Crippen molar-refractivity contribution in [3.05, 3.63) is 108 Å². The molecule has 0 radical (unpaired) electrons. The van der Waals surface area contributed by atoms with Gasteiger partial charge < -0.3 is 9.80 Å². The molecular formula is C31H29N5O. The predicted molar refractivity (Wildman–Crippen MR) is 148 cm³/mol. The average molecular weight is 488 g/mol.